The highest BCUT2D eigenvalue weighted by molar-refractivity contribution is 6.30. The maximum absolute atomic E-state index is 11.0. The van der Waals surface area contributed by atoms with Crippen LogP contribution in [0.3, 0.4) is 0 Å². The lowest BCUT2D eigenvalue weighted by Crippen LogP contribution is -2.08. The summed E-state index contributed by atoms with van der Waals surface area (Å²) in [6, 6.07) is 17.0. The zero-order chi connectivity index (χ0) is 18.5. The Balaban J connectivity index is 1.72. The lowest BCUT2D eigenvalue weighted by molar-refractivity contribution is 0.0689. The van der Waals surface area contributed by atoms with Crippen LogP contribution in [0.1, 0.15) is 27.3 Å². The lowest BCUT2D eigenvalue weighted by atomic mass is 10.1. The Morgan fingerprint density at radius 3 is 2.65 bits per heavy atom. The van der Waals surface area contributed by atoms with Gasteiger partial charge in [-0.1, -0.05) is 41.9 Å². The third kappa shape index (κ3) is 4.43. The van der Waals surface area contributed by atoms with Crippen LogP contribution in [0, 0.1) is 6.92 Å². The number of carboxylic acid groups (broad SMARTS) is 1. The molecule has 0 fully saturated rings. The normalized spacial score (nSPS) is 10.7. The number of aromatic carboxylic acids is 1. The molecule has 6 heteroatoms. The summed E-state index contributed by atoms with van der Waals surface area (Å²) in [7, 11) is 0. The molecule has 0 unspecified atom stereocenters. The van der Waals surface area contributed by atoms with Gasteiger partial charge in [-0.25, -0.2) is 4.79 Å². The lowest BCUT2D eigenvalue weighted by Gasteiger charge is -2.13. The van der Waals surface area contributed by atoms with Gasteiger partial charge in [-0.2, -0.15) is 5.10 Å². The van der Waals surface area contributed by atoms with Gasteiger partial charge in [-0.05, 0) is 48.7 Å². The van der Waals surface area contributed by atoms with Crippen molar-refractivity contribution in [3.8, 4) is 5.75 Å². The van der Waals surface area contributed by atoms with Gasteiger partial charge in [0.1, 0.15) is 12.4 Å². The van der Waals surface area contributed by atoms with Crippen molar-refractivity contribution in [1.82, 2.24) is 9.78 Å². The van der Waals surface area contributed by atoms with E-state index in [1.165, 1.54) is 0 Å². The van der Waals surface area contributed by atoms with Gasteiger partial charge in [-0.3, -0.25) is 4.68 Å². The number of benzene rings is 2. The van der Waals surface area contributed by atoms with E-state index in [2.05, 4.69) is 5.10 Å². The number of hydrogen-bond donors (Lipinski definition) is 1. The first-order chi connectivity index (χ1) is 12.5. The van der Waals surface area contributed by atoms with Crippen LogP contribution in [0.4, 0.5) is 0 Å². The fraction of sp³-hybridized carbons (Fsp3) is 0.200. The van der Waals surface area contributed by atoms with E-state index in [9.17, 15) is 4.79 Å². The van der Waals surface area contributed by atoms with Gasteiger partial charge >= 0.3 is 5.97 Å². The molecule has 0 aliphatic rings. The molecule has 1 N–H and O–H groups in total. The third-order valence-electron chi connectivity index (χ3n) is 4.05. The van der Waals surface area contributed by atoms with E-state index in [0.717, 1.165) is 22.6 Å². The first-order valence-corrected chi connectivity index (χ1v) is 8.63. The molecule has 0 saturated heterocycles. The first kappa shape index (κ1) is 18.0. The number of halogens is 1. The average Bonchev–Trinajstić information content (AvgIpc) is 3.01. The largest absolute Gasteiger partial charge is 0.489 e. The van der Waals surface area contributed by atoms with Crippen LogP contribution in [0.15, 0.2) is 54.6 Å². The second-order valence-corrected chi connectivity index (χ2v) is 6.41. The Morgan fingerprint density at radius 2 is 1.96 bits per heavy atom. The summed E-state index contributed by atoms with van der Waals surface area (Å²) >= 11 is 6.14. The number of rotatable bonds is 7. The van der Waals surface area contributed by atoms with Crippen LogP contribution in [0.5, 0.6) is 5.75 Å². The van der Waals surface area contributed by atoms with E-state index >= 15 is 0 Å². The molecule has 1 heterocycles. The molecule has 0 aliphatic heterocycles. The highest BCUT2D eigenvalue weighted by Gasteiger charge is 2.12. The van der Waals surface area contributed by atoms with Crippen LogP contribution in [0.25, 0.3) is 0 Å². The molecule has 0 atom stereocenters. The molecule has 3 rings (SSSR count). The third-order valence-corrected chi connectivity index (χ3v) is 4.29. The SMILES string of the molecule is Cc1cc(C(=O)O)nn1CCc1cc(Cl)ccc1OCc1ccccc1. The summed E-state index contributed by atoms with van der Waals surface area (Å²) in [5.41, 5.74) is 2.90. The monoisotopic (exact) mass is 370 g/mol. The van der Waals surface area contributed by atoms with Gasteiger partial charge < -0.3 is 9.84 Å². The molecule has 0 aliphatic carbocycles. The van der Waals surface area contributed by atoms with Gasteiger partial charge in [-0.15, -0.1) is 0 Å². The van der Waals surface area contributed by atoms with Gasteiger partial charge in [0.05, 0.1) is 0 Å². The van der Waals surface area contributed by atoms with Crippen molar-refractivity contribution in [3.63, 3.8) is 0 Å². The van der Waals surface area contributed by atoms with Crippen molar-refractivity contribution in [1.29, 1.82) is 0 Å². The van der Waals surface area contributed by atoms with E-state index in [1.54, 1.807) is 16.8 Å². The van der Waals surface area contributed by atoms with Gasteiger partial charge in [0.25, 0.3) is 0 Å². The van der Waals surface area contributed by atoms with Crippen LogP contribution in [-0.4, -0.2) is 20.9 Å². The van der Waals surface area contributed by atoms with E-state index in [1.807, 2.05) is 49.4 Å². The fourth-order valence-electron chi connectivity index (χ4n) is 2.69. The molecule has 0 saturated carbocycles. The highest BCUT2D eigenvalue weighted by atomic mass is 35.5. The van der Waals surface area contributed by atoms with E-state index in [0.29, 0.717) is 24.6 Å². The zero-order valence-electron chi connectivity index (χ0n) is 14.4. The molecule has 0 spiro atoms. The van der Waals surface area contributed by atoms with E-state index < -0.39 is 5.97 Å². The van der Waals surface area contributed by atoms with E-state index in [4.69, 9.17) is 21.4 Å². The van der Waals surface area contributed by atoms with E-state index in [-0.39, 0.29) is 5.69 Å². The van der Waals surface area contributed by atoms with Crippen molar-refractivity contribution in [2.24, 2.45) is 0 Å². The van der Waals surface area contributed by atoms with Crippen molar-refractivity contribution in [2.75, 3.05) is 0 Å². The second kappa shape index (κ2) is 8.06. The molecular formula is C20H19ClN2O3. The number of carbonyl (C=O) groups is 1. The molecule has 26 heavy (non-hydrogen) atoms. The standard InChI is InChI=1S/C20H19ClN2O3/c1-14-11-18(20(24)25)22-23(14)10-9-16-12-17(21)7-8-19(16)26-13-15-5-3-2-4-6-15/h2-8,11-12H,9-10,13H2,1H3,(H,24,25). The summed E-state index contributed by atoms with van der Waals surface area (Å²) < 4.78 is 7.64. The minimum atomic E-state index is -1.03. The highest BCUT2D eigenvalue weighted by Crippen LogP contribution is 2.25. The number of aromatic nitrogens is 2. The van der Waals surface area contributed by atoms with Crippen molar-refractivity contribution < 1.29 is 14.6 Å². The van der Waals surface area contributed by atoms with Crippen LogP contribution in [-0.2, 0) is 19.6 Å². The number of hydrogen-bond acceptors (Lipinski definition) is 3. The number of ether oxygens (including phenoxy) is 1. The summed E-state index contributed by atoms with van der Waals surface area (Å²) in [5.74, 6) is -0.261. The second-order valence-electron chi connectivity index (χ2n) is 5.98. The smallest absolute Gasteiger partial charge is 0.356 e. The van der Waals surface area contributed by atoms with Crippen molar-refractivity contribution in [2.45, 2.75) is 26.5 Å². The minimum Gasteiger partial charge on any atom is -0.489 e. The van der Waals surface area contributed by atoms with Crippen molar-refractivity contribution >= 4 is 17.6 Å². The van der Waals surface area contributed by atoms with Crippen molar-refractivity contribution in [3.05, 3.63) is 82.1 Å². The molecular weight excluding hydrogens is 352 g/mol. The van der Waals surface area contributed by atoms with Gasteiger partial charge in [0, 0.05) is 17.3 Å². The Bertz CT molecular complexity index is 907. The first-order valence-electron chi connectivity index (χ1n) is 8.26. The minimum absolute atomic E-state index is 0.0501. The Hall–Kier alpha value is -2.79. The predicted molar refractivity (Wildman–Crippen MR) is 99.9 cm³/mol. The average molecular weight is 371 g/mol. The molecule has 5 nitrogen and oxygen atoms in total. The van der Waals surface area contributed by atoms with Crippen LogP contribution in [0.2, 0.25) is 5.02 Å². The Labute approximate surface area is 156 Å². The number of nitrogens with zero attached hydrogens (tertiary/aromatic N) is 2. The number of aryl methyl sites for hydroxylation is 3. The zero-order valence-corrected chi connectivity index (χ0v) is 15.1. The summed E-state index contributed by atoms with van der Waals surface area (Å²) in [6.45, 7) is 2.85. The van der Waals surface area contributed by atoms with Crippen LogP contribution >= 0.6 is 11.6 Å². The molecule has 0 amide bonds. The molecule has 0 bridgehead atoms. The number of carboxylic acids is 1. The quantitative estimate of drug-likeness (QED) is 0.671. The van der Waals surface area contributed by atoms with Crippen LogP contribution < -0.4 is 4.74 Å². The maximum Gasteiger partial charge on any atom is 0.356 e. The Morgan fingerprint density at radius 1 is 1.19 bits per heavy atom. The fourth-order valence-corrected chi connectivity index (χ4v) is 2.88. The van der Waals surface area contributed by atoms with Gasteiger partial charge in [0.15, 0.2) is 5.69 Å². The summed E-state index contributed by atoms with van der Waals surface area (Å²) in [5, 5.41) is 13.8. The molecule has 2 aromatic carbocycles. The molecule has 134 valence electrons. The summed E-state index contributed by atoms with van der Waals surface area (Å²) in [6.07, 6.45) is 0.631. The summed E-state index contributed by atoms with van der Waals surface area (Å²) in [4.78, 5) is 11.0. The topological polar surface area (TPSA) is 64.3 Å². The van der Waals surface area contributed by atoms with Gasteiger partial charge in [0.2, 0.25) is 0 Å². The predicted octanol–water partition coefficient (Wildman–Crippen LogP) is 4.36. The Kier molecular flexibility index (Phi) is 5.58. The molecule has 0 radical (unpaired) electrons. The molecule has 1 aromatic heterocycles. The maximum atomic E-state index is 11.0. The molecule has 3 aromatic rings.